The number of fused-ring (bicyclic) bond motifs is 1. The van der Waals surface area contributed by atoms with Crippen LogP contribution in [0.15, 0.2) is 51.9 Å². The van der Waals surface area contributed by atoms with E-state index in [4.69, 9.17) is 9.15 Å². The lowest BCUT2D eigenvalue weighted by Gasteiger charge is -2.11. The van der Waals surface area contributed by atoms with Crippen molar-refractivity contribution in [3.05, 3.63) is 64.5 Å². The lowest BCUT2D eigenvalue weighted by molar-refractivity contribution is -0.148. The molecule has 0 aliphatic rings. The predicted octanol–water partition coefficient (Wildman–Crippen LogP) is 1.48. The maximum absolute atomic E-state index is 12.0. The second kappa shape index (κ2) is 7.64. The second-order valence-corrected chi connectivity index (χ2v) is 5.69. The van der Waals surface area contributed by atoms with E-state index in [9.17, 15) is 14.4 Å². The minimum atomic E-state index is -0.615. The van der Waals surface area contributed by atoms with Gasteiger partial charge in [0.2, 0.25) is 0 Å². The van der Waals surface area contributed by atoms with Gasteiger partial charge in [-0.2, -0.15) is 5.10 Å². The maximum Gasteiger partial charge on any atom is 0.312 e. The molecule has 0 saturated carbocycles. The molecule has 0 spiro atoms. The minimum Gasteiger partial charge on any atom is -0.467 e. The lowest BCUT2D eigenvalue weighted by atomic mass is 10.1. The average molecular weight is 355 g/mol. The Bertz CT molecular complexity index is 978. The standard InChI is InChI=1S/C18H17N3O5/c1-11(15-7-4-8-25-15)19-16(22)10-26-17(23)9-14-12-5-2-3-6-13(12)18(24)21-20-14/h2-8,11H,9-10H2,1H3,(H,19,22)(H,21,24)/t11-/m0/s1. The van der Waals surface area contributed by atoms with Gasteiger partial charge in [0.05, 0.1) is 29.8 Å². The van der Waals surface area contributed by atoms with Gasteiger partial charge in [-0.1, -0.05) is 18.2 Å². The Morgan fingerprint density at radius 1 is 1.23 bits per heavy atom. The number of carbonyl (C=O) groups excluding carboxylic acids is 2. The van der Waals surface area contributed by atoms with Crippen molar-refractivity contribution in [3.63, 3.8) is 0 Å². The molecule has 0 bridgehead atoms. The van der Waals surface area contributed by atoms with Gasteiger partial charge in [0.25, 0.3) is 11.5 Å². The van der Waals surface area contributed by atoms with E-state index in [0.717, 1.165) is 0 Å². The molecule has 2 heterocycles. The van der Waals surface area contributed by atoms with Gasteiger partial charge < -0.3 is 14.5 Å². The van der Waals surface area contributed by atoms with Crippen molar-refractivity contribution < 1.29 is 18.7 Å². The first-order chi connectivity index (χ1) is 12.5. The number of carbonyl (C=O) groups is 2. The molecule has 2 aromatic heterocycles. The quantitative estimate of drug-likeness (QED) is 0.647. The molecule has 26 heavy (non-hydrogen) atoms. The first-order valence-corrected chi connectivity index (χ1v) is 7.99. The molecule has 0 fully saturated rings. The first-order valence-electron chi connectivity index (χ1n) is 7.99. The molecule has 8 nitrogen and oxygen atoms in total. The number of ether oxygens (including phenoxy) is 1. The number of H-pyrrole nitrogens is 1. The summed E-state index contributed by atoms with van der Waals surface area (Å²) >= 11 is 0. The van der Waals surface area contributed by atoms with Gasteiger partial charge in [0.15, 0.2) is 6.61 Å². The van der Waals surface area contributed by atoms with Crippen LogP contribution in [0, 0.1) is 0 Å². The zero-order chi connectivity index (χ0) is 18.5. The summed E-state index contributed by atoms with van der Waals surface area (Å²) in [7, 11) is 0. The van der Waals surface area contributed by atoms with Crippen LogP contribution in [0.4, 0.5) is 0 Å². The Hall–Kier alpha value is -3.42. The summed E-state index contributed by atoms with van der Waals surface area (Å²) < 4.78 is 10.2. The van der Waals surface area contributed by atoms with Crippen molar-refractivity contribution in [3.8, 4) is 0 Å². The van der Waals surface area contributed by atoms with Gasteiger partial charge in [0, 0.05) is 5.39 Å². The van der Waals surface area contributed by atoms with E-state index in [1.807, 2.05) is 0 Å². The fourth-order valence-corrected chi connectivity index (χ4v) is 2.53. The van der Waals surface area contributed by atoms with E-state index in [0.29, 0.717) is 22.2 Å². The highest BCUT2D eigenvalue weighted by Crippen LogP contribution is 2.14. The van der Waals surface area contributed by atoms with Crippen LogP contribution in [-0.4, -0.2) is 28.7 Å². The molecular weight excluding hydrogens is 338 g/mol. The molecule has 1 aromatic carbocycles. The summed E-state index contributed by atoms with van der Waals surface area (Å²) in [6, 6.07) is 9.96. The molecule has 0 aliphatic carbocycles. The van der Waals surface area contributed by atoms with Gasteiger partial charge in [-0.15, -0.1) is 0 Å². The number of aromatic amines is 1. The largest absolute Gasteiger partial charge is 0.467 e. The number of nitrogens with one attached hydrogen (secondary N) is 2. The Morgan fingerprint density at radius 3 is 2.73 bits per heavy atom. The lowest BCUT2D eigenvalue weighted by Crippen LogP contribution is -2.31. The van der Waals surface area contributed by atoms with Crippen LogP contribution in [-0.2, 0) is 20.7 Å². The molecule has 2 N–H and O–H groups in total. The van der Waals surface area contributed by atoms with Crippen LogP contribution in [0.25, 0.3) is 10.8 Å². The molecule has 0 unspecified atom stereocenters. The Kier molecular flexibility index (Phi) is 5.12. The fraction of sp³-hybridized carbons (Fsp3) is 0.222. The van der Waals surface area contributed by atoms with Crippen LogP contribution >= 0.6 is 0 Å². The summed E-state index contributed by atoms with van der Waals surface area (Å²) in [4.78, 5) is 35.6. The highest BCUT2D eigenvalue weighted by atomic mass is 16.5. The summed E-state index contributed by atoms with van der Waals surface area (Å²) in [6.45, 7) is 1.35. The van der Waals surface area contributed by atoms with Crippen LogP contribution in [0.5, 0.6) is 0 Å². The van der Waals surface area contributed by atoms with Gasteiger partial charge in [-0.05, 0) is 25.1 Å². The summed E-state index contributed by atoms with van der Waals surface area (Å²) in [5.41, 5.74) is 0.0542. The number of hydrogen-bond acceptors (Lipinski definition) is 6. The molecule has 8 heteroatoms. The van der Waals surface area contributed by atoms with Crippen molar-refractivity contribution in [1.29, 1.82) is 0 Å². The van der Waals surface area contributed by atoms with Crippen LogP contribution in [0.3, 0.4) is 0 Å². The zero-order valence-corrected chi connectivity index (χ0v) is 14.0. The summed E-state index contributed by atoms with van der Waals surface area (Å²) in [5, 5.41) is 9.94. The van der Waals surface area contributed by atoms with E-state index in [1.165, 1.54) is 6.26 Å². The molecule has 3 rings (SSSR count). The third-order valence-electron chi connectivity index (χ3n) is 3.80. The highest BCUT2D eigenvalue weighted by Gasteiger charge is 2.15. The Labute approximate surface area is 148 Å². The highest BCUT2D eigenvalue weighted by molar-refractivity contribution is 5.87. The molecular formula is C18H17N3O5. The summed E-state index contributed by atoms with van der Waals surface area (Å²) in [6.07, 6.45) is 1.36. The fourth-order valence-electron chi connectivity index (χ4n) is 2.53. The van der Waals surface area contributed by atoms with E-state index in [2.05, 4.69) is 15.5 Å². The monoisotopic (exact) mass is 355 g/mol. The van der Waals surface area contributed by atoms with E-state index in [1.54, 1.807) is 43.3 Å². The minimum absolute atomic E-state index is 0.154. The smallest absolute Gasteiger partial charge is 0.312 e. The number of hydrogen-bond donors (Lipinski definition) is 2. The van der Waals surface area contributed by atoms with Crippen LogP contribution in [0.1, 0.15) is 24.4 Å². The van der Waals surface area contributed by atoms with Crippen molar-refractivity contribution in [2.75, 3.05) is 6.61 Å². The number of nitrogens with zero attached hydrogens (tertiary/aromatic N) is 1. The van der Waals surface area contributed by atoms with E-state index in [-0.39, 0.29) is 18.0 Å². The number of rotatable bonds is 6. The normalized spacial score (nSPS) is 11.9. The molecule has 0 aliphatic heterocycles. The Morgan fingerprint density at radius 2 is 2.00 bits per heavy atom. The first kappa shape index (κ1) is 17.4. The third-order valence-corrected chi connectivity index (χ3v) is 3.80. The van der Waals surface area contributed by atoms with Gasteiger partial charge in [0.1, 0.15) is 5.76 Å². The summed E-state index contributed by atoms with van der Waals surface area (Å²) in [5.74, 6) is -0.453. The molecule has 0 radical (unpaired) electrons. The maximum atomic E-state index is 12.0. The average Bonchev–Trinajstić information content (AvgIpc) is 3.17. The molecule has 134 valence electrons. The SMILES string of the molecule is C[C@H](NC(=O)COC(=O)Cc1n[nH]c(=O)c2ccccc12)c1ccco1. The van der Waals surface area contributed by atoms with Gasteiger partial charge in [-0.25, -0.2) is 5.10 Å². The number of aromatic nitrogens is 2. The number of furan rings is 1. The van der Waals surface area contributed by atoms with Crippen molar-refractivity contribution in [1.82, 2.24) is 15.5 Å². The number of amides is 1. The van der Waals surface area contributed by atoms with Crippen LogP contribution in [0.2, 0.25) is 0 Å². The van der Waals surface area contributed by atoms with Crippen molar-refractivity contribution in [2.24, 2.45) is 0 Å². The second-order valence-electron chi connectivity index (χ2n) is 5.69. The Balaban J connectivity index is 1.57. The molecule has 0 saturated heterocycles. The molecule has 3 aromatic rings. The van der Waals surface area contributed by atoms with Crippen molar-refractivity contribution in [2.45, 2.75) is 19.4 Å². The molecule has 1 atom stereocenters. The van der Waals surface area contributed by atoms with E-state index >= 15 is 0 Å². The van der Waals surface area contributed by atoms with Crippen LogP contribution < -0.4 is 10.9 Å². The molecule has 1 amide bonds. The number of benzene rings is 1. The number of esters is 1. The van der Waals surface area contributed by atoms with Gasteiger partial charge >= 0.3 is 5.97 Å². The zero-order valence-electron chi connectivity index (χ0n) is 14.0. The third kappa shape index (κ3) is 3.97. The predicted molar refractivity (Wildman–Crippen MR) is 92.3 cm³/mol. The van der Waals surface area contributed by atoms with Gasteiger partial charge in [-0.3, -0.25) is 14.4 Å². The van der Waals surface area contributed by atoms with Crippen molar-refractivity contribution >= 4 is 22.6 Å². The topological polar surface area (TPSA) is 114 Å². The van der Waals surface area contributed by atoms with E-state index < -0.39 is 18.5 Å².